The van der Waals surface area contributed by atoms with Gasteiger partial charge in [0.2, 0.25) is 0 Å². The van der Waals surface area contributed by atoms with Gasteiger partial charge in [-0.3, -0.25) is 14.4 Å². The fourth-order valence-corrected chi connectivity index (χ4v) is 7.38. The van der Waals surface area contributed by atoms with Gasteiger partial charge >= 0.3 is 17.9 Å². The molecule has 0 heterocycles. The second-order valence-corrected chi connectivity index (χ2v) is 17.9. The highest BCUT2D eigenvalue weighted by molar-refractivity contribution is 5.71. The minimum absolute atomic E-state index is 0.0930. The Morgan fingerprint density at radius 1 is 0.323 bits per heavy atom. The third-order valence-electron chi connectivity index (χ3n) is 11.5. The number of allylic oxidation sites excluding steroid dienone is 14. The van der Waals surface area contributed by atoms with Crippen LogP contribution in [0, 0.1) is 0 Å². The van der Waals surface area contributed by atoms with Crippen LogP contribution < -0.4 is 0 Å². The van der Waals surface area contributed by atoms with Crippen molar-refractivity contribution in [1.29, 1.82) is 0 Å². The van der Waals surface area contributed by atoms with E-state index in [0.29, 0.717) is 19.3 Å². The Balaban J connectivity index is 4.42. The predicted octanol–water partition coefficient (Wildman–Crippen LogP) is 18.0. The van der Waals surface area contributed by atoms with Gasteiger partial charge < -0.3 is 14.2 Å². The van der Waals surface area contributed by atoms with Crippen LogP contribution >= 0.6 is 0 Å². The Labute approximate surface area is 401 Å². The van der Waals surface area contributed by atoms with Crippen LogP contribution in [0.5, 0.6) is 0 Å². The zero-order valence-electron chi connectivity index (χ0n) is 42.5. The molecule has 6 nitrogen and oxygen atoms in total. The lowest BCUT2D eigenvalue weighted by molar-refractivity contribution is -0.167. The molecule has 6 heteroatoms. The molecule has 1 unspecified atom stereocenters. The van der Waals surface area contributed by atoms with E-state index in [1.165, 1.54) is 116 Å². The quantitative estimate of drug-likeness (QED) is 0.0199. The lowest BCUT2D eigenvalue weighted by atomic mass is 10.1. The number of esters is 3. The molecule has 372 valence electrons. The summed E-state index contributed by atoms with van der Waals surface area (Å²) in [5.74, 6) is -0.934. The molecule has 1 atom stereocenters. The summed E-state index contributed by atoms with van der Waals surface area (Å²) in [4.78, 5) is 38.0. The van der Waals surface area contributed by atoms with Crippen LogP contribution in [0.25, 0.3) is 0 Å². The maximum Gasteiger partial charge on any atom is 0.306 e. The van der Waals surface area contributed by atoms with Crippen LogP contribution in [-0.2, 0) is 28.6 Å². The van der Waals surface area contributed by atoms with Crippen LogP contribution in [0.2, 0.25) is 0 Å². The number of hydrogen-bond donors (Lipinski definition) is 0. The molecular weight excluding hydrogens is 805 g/mol. The summed E-state index contributed by atoms with van der Waals surface area (Å²) in [7, 11) is 0. The van der Waals surface area contributed by atoms with Gasteiger partial charge in [-0.2, -0.15) is 0 Å². The van der Waals surface area contributed by atoms with Gasteiger partial charge in [-0.25, -0.2) is 0 Å². The molecule has 0 aromatic carbocycles. The molecule has 0 spiro atoms. The van der Waals surface area contributed by atoms with Crippen LogP contribution in [0.15, 0.2) is 85.1 Å². The fourth-order valence-electron chi connectivity index (χ4n) is 7.38. The molecule has 0 rings (SSSR count). The second-order valence-electron chi connectivity index (χ2n) is 17.9. The molecule has 0 saturated heterocycles. The van der Waals surface area contributed by atoms with Crippen molar-refractivity contribution < 1.29 is 28.6 Å². The Morgan fingerprint density at radius 2 is 0.615 bits per heavy atom. The molecule has 0 aromatic heterocycles. The summed E-state index contributed by atoms with van der Waals surface area (Å²) < 4.78 is 16.8. The summed E-state index contributed by atoms with van der Waals surface area (Å²) in [6, 6.07) is 0. The third-order valence-corrected chi connectivity index (χ3v) is 11.5. The number of ether oxygens (including phenoxy) is 3. The van der Waals surface area contributed by atoms with Gasteiger partial charge in [-0.1, -0.05) is 228 Å². The van der Waals surface area contributed by atoms with Crippen molar-refractivity contribution in [1.82, 2.24) is 0 Å². The fraction of sp³-hybridized carbons (Fsp3) is 0.712. The monoisotopic (exact) mass is 905 g/mol. The highest BCUT2D eigenvalue weighted by Crippen LogP contribution is 2.15. The van der Waals surface area contributed by atoms with Crippen LogP contribution in [0.3, 0.4) is 0 Å². The van der Waals surface area contributed by atoms with Gasteiger partial charge in [0.1, 0.15) is 13.2 Å². The van der Waals surface area contributed by atoms with Crippen LogP contribution in [0.1, 0.15) is 252 Å². The van der Waals surface area contributed by atoms with E-state index in [0.717, 1.165) is 96.3 Å². The molecule has 0 aliphatic rings. The zero-order chi connectivity index (χ0) is 47.2. The zero-order valence-corrected chi connectivity index (χ0v) is 42.5. The largest absolute Gasteiger partial charge is 0.462 e. The summed E-state index contributed by atoms with van der Waals surface area (Å²) in [5, 5.41) is 0. The molecular formula is C59H100O6. The van der Waals surface area contributed by atoms with Crippen molar-refractivity contribution in [2.45, 2.75) is 258 Å². The van der Waals surface area contributed by atoms with Gasteiger partial charge in [0.05, 0.1) is 0 Å². The first-order valence-electron chi connectivity index (χ1n) is 27.2. The van der Waals surface area contributed by atoms with E-state index in [4.69, 9.17) is 14.2 Å². The lowest BCUT2D eigenvalue weighted by Gasteiger charge is -2.18. The lowest BCUT2D eigenvalue weighted by Crippen LogP contribution is -2.30. The van der Waals surface area contributed by atoms with Crippen molar-refractivity contribution in [3.8, 4) is 0 Å². The summed E-state index contributed by atoms with van der Waals surface area (Å²) in [6.45, 7) is 6.43. The number of rotatable bonds is 48. The van der Waals surface area contributed by atoms with Crippen molar-refractivity contribution in [2.24, 2.45) is 0 Å². The van der Waals surface area contributed by atoms with Crippen molar-refractivity contribution in [3.05, 3.63) is 85.1 Å². The maximum absolute atomic E-state index is 12.8. The van der Waals surface area contributed by atoms with Crippen molar-refractivity contribution >= 4 is 17.9 Å². The van der Waals surface area contributed by atoms with E-state index >= 15 is 0 Å². The van der Waals surface area contributed by atoms with E-state index in [9.17, 15) is 14.4 Å². The molecule has 0 amide bonds. The highest BCUT2D eigenvalue weighted by atomic mass is 16.6. The average Bonchev–Trinajstić information content (AvgIpc) is 3.30. The SMILES string of the molecule is CC\C=C/C=C\C=C/C=C\CCCCCCCC(=O)OC(COC(=O)CCCCC/C=C\CCCCCCCC)COC(=O)CCCCCCCCCCCC/C=C\C=C/CCCCC. The first kappa shape index (κ1) is 61.6. The molecule has 0 aliphatic heterocycles. The number of hydrogen-bond acceptors (Lipinski definition) is 6. The van der Waals surface area contributed by atoms with Gasteiger partial charge in [0.25, 0.3) is 0 Å². The van der Waals surface area contributed by atoms with E-state index in [-0.39, 0.29) is 31.1 Å². The van der Waals surface area contributed by atoms with Gasteiger partial charge in [0, 0.05) is 19.3 Å². The average molecular weight is 905 g/mol. The predicted molar refractivity (Wildman–Crippen MR) is 279 cm³/mol. The first-order valence-corrected chi connectivity index (χ1v) is 27.2. The van der Waals surface area contributed by atoms with E-state index < -0.39 is 6.10 Å². The Hall–Kier alpha value is -3.41. The Bertz CT molecular complexity index is 1270. The third kappa shape index (κ3) is 51.4. The minimum atomic E-state index is -0.796. The van der Waals surface area contributed by atoms with Crippen LogP contribution in [0.4, 0.5) is 0 Å². The number of carbonyl (C=O) groups is 3. The smallest absolute Gasteiger partial charge is 0.306 e. The molecule has 65 heavy (non-hydrogen) atoms. The van der Waals surface area contributed by atoms with Crippen LogP contribution in [-0.4, -0.2) is 37.2 Å². The summed E-state index contributed by atoms with van der Waals surface area (Å²) in [6.07, 6.45) is 68.5. The number of unbranched alkanes of at least 4 members (excludes halogenated alkanes) is 27. The topological polar surface area (TPSA) is 78.9 Å². The van der Waals surface area contributed by atoms with Crippen molar-refractivity contribution in [2.75, 3.05) is 13.2 Å². The highest BCUT2D eigenvalue weighted by Gasteiger charge is 2.19. The molecule has 0 fully saturated rings. The molecule has 0 aromatic rings. The Kier molecular flexibility index (Phi) is 50.4. The minimum Gasteiger partial charge on any atom is -0.462 e. The molecule has 0 N–H and O–H groups in total. The van der Waals surface area contributed by atoms with Gasteiger partial charge in [-0.15, -0.1) is 0 Å². The normalized spacial score (nSPS) is 12.7. The van der Waals surface area contributed by atoms with Gasteiger partial charge in [0.15, 0.2) is 6.10 Å². The molecule has 0 aliphatic carbocycles. The summed E-state index contributed by atoms with van der Waals surface area (Å²) in [5.41, 5.74) is 0. The van der Waals surface area contributed by atoms with E-state index in [2.05, 4.69) is 87.6 Å². The Morgan fingerprint density at radius 3 is 1.05 bits per heavy atom. The molecule has 0 saturated carbocycles. The maximum atomic E-state index is 12.8. The van der Waals surface area contributed by atoms with E-state index in [1.807, 2.05) is 18.2 Å². The van der Waals surface area contributed by atoms with Gasteiger partial charge in [-0.05, 0) is 89.9 Å². The number of carbonyl (C=O) groups excluding carboxylic acids is 3. The standard InChI is InChI=1S/C59H100O6/c1-4-7-10-13-16-19-22-25-27-28-29-30-32-34-37-40-43-46-49-52-58(61)64-55-56(54-63-57(60)51-48-45-42-39-36-33-24-21-18-15-12-9-6-3)65-59(62)53-50-47-44-41-38-35-31-26-23-20-17-14-11-8-5-2/h8,11,14,16-17,19-20,22-23,25-26,31,33,36,56H,4-7,9-10,12-13,15,18,21,24,27-30,32,34-35,37-55H2,1-3H3/b11-8-,17-14-,19-16-,23-20-,25-22-,31-26-,36-33-. The molecule has 0 bridgehead atoms. The van der Waals surface area contributed by atoms with E-state index in [1.54, 1.807) is 0 Å². The first-order chi connectivity index (χ1) is 32.0. The van der Waals surface area contributed by atoms with Crippen molar-refractivity contribution in [3.63, 3.8) is 0 Å². The second kappa shape index (κ2) is 53.2. The summed E-state index contributed by atoms with van der Waals surface area (Å²) >= 11 is 0. The molecule has 0 radical (unpaired) electrons.